The van der Waals surface area contributed by atoms with Crippen molar-refractivity contribution in [2.45, 2.75) is 52.5 Å². The van der Waals surface area contributed by atoms with Gasteiger partial charge in [-0.1, -0.05) is 32.8 Å². The van der Waals surface area contributed by atoms with E-state index in [-0.39, 0.29) is 0 Å². The molecule has 2 aromatic rings. The molecule has 0 saturated heterocycles. The minimum Gasteiger partial charge on any atom is -0.356 e. The van der Waals surface area contributed by atoms with Crippen molar-refractivity contribution in [2.75, 3.05) is 19.6 Å². The van der Waals surface area contributed by atoms with Crippen molar-refractivity contribution in [2.24, 2.45) is 4.99 Å². The van der Waals surface area contributed by atoms with Gasteiger partial charge in [-0.15, -0.1) is 21.5 Å². The molecule has 6 nitrogen and oxygen atoms in total. The third kappa shape index (κ3) is 7.25. The second-order valence-electron chi connectivity index (χ2n) is 5.91. The molecule has 0 radical (unpaired) electrons. The summed E-state index contributed by atoms with van der Waals surface area (Å²) in [6.07, 6.45) is 7.31. The number of aryl methyl sites for hydroxylation is 1. The number of unbranched alkanes of at least 4 members (excludes halogenated alkanes) is 2. The van der Waals surface area contributed by atoms with E-state index in [0.717, 1.165) is 57.2 Å². The van der Waals surface area contributed by atoms with Crippen LogP contribution in [0.2, 0.25) is 0 Å². The largest absolute Gasteiger partial charge is 0.356 e. The van der Waals surface area contributed by atoms with Crippen molar-refractivity contribution in [3.63, 3.8) is 0 Å². The van der Waals surface area contributed by atoms with Gasteiger partial charge in [-0.2, -0.15) is 0 Å². The van der Waals surface area contributed by atoms with Gasteiger partial charge in [-0.3, -0.25) is 4.99 Å². The van der Waals surface area contributed by atoms with E-state index in [1.165, 1.54) is 17.7 Å². The van der Waals surface area contributed by atoms with Gasteiger partial charge in [-0.25, -0.2) is 0 Å². The van der Waals surface area contributed by atoms with Crippen LogP contribution in [0.25, 0.3) is 0 Å². The van der Waals surface area contributed by atoms with E-state index >= 15 is 0 Å². The van der Waals surface area contributed by atoms with Crippen molar-refractivity contribution in [1.82, 2.24) is 25.4 Å². The summed E-state index contributed by atoms with van der Waals surface area (Å²) in [5.41, 5.74) is 0. The fourth-order valence-corrected chi connectivity index (χ4v) is 3.23. The molecule has 0 saturated carbocycles. The van der Waals surface area contributed by atoms with Crippen LogP contribution in [0.4, 0.5) is 0 Å². The van der Waals surface area contributed by atoms with Crippen LogP contribution in [-0.4, -0.2) is 40.4 Å². The number of hydrogen-bond acceptors (Lipinski definition) is 4. The van der Waals surface area contributed by atoms with Crippen LogP contribution < -0.4 is 10.6 Å². The number of thiophene rings is 1. The summed E-state index contributed by atoms with van der Waals surface area (Å²) in [4.78, 5) is 6.10. The zero-order valence-corrected chi connectivity index (χ0v) is 16.2. The van der Waals surface area contributed by atoms with Crippen LogP contribution >= 0.6 is 11.3 Å². The van der Waals surface area contributed by atoms with Crippen molar-refractivity contribution in [3.05, 3.63) is 34.5 Å². The fourth-order valence-electron chi connectivity index (χ4n) is 2.52. The summed E-state index contributed by atoms with van der Waals surface area (Å²) in [5, 5.41) is 17.1. The maximum Gasteiger partial charge on any atom is 0.191 e. The molecule has 0 fully saturated rings. The smallest absolute Gasteiger partial charge is 0.191 e. The van der Waals surface area contributed by atoms with Gasteiger partial charge < -0.3 is 15.2 Å². The summed E-state index contributed by atoms with van der Waals surface area (Å²) in [7, 11) is 0. The maximum atomic E-state index is 4.70. The average molecular weight is 363 g/mol. The number of aromatic nitrogens is 3. The molecule has 0 aromatic carbocycles. The predicted octanol–water partition coefficient (Wildman–Crippen LogP) is 2.87. The number of nitrogens with one attached hydrogen (secondary N) is 2. The summed E-state index contributed by atoms with van der Waals surface area (Å²) in [5.74, 6) is 1.92. The molecule has 0 atom stereocenters. The topological polar surface area (TPSA) is 67.1 Å². The van der Waals surface area contributed by atoms with E-state index in [4.69, 9.17) is 4.99 Å². The molecule has 2 N–H and O–H groups in total. The first-order valence-corrected chi connectivity index (χ1v) is 10.1. The Morgan fingerprint density at radius 3 is 2.88 bits per heavy atom. The third-order valence-corrected chi connectivity index (χ3v) is 4.87. The molecule has 0 aliphatic carbocycles. The first kappa shape index (κ1) is 19.4. The normalized spacial score (nSPS) is 11.7. The zero-order chi connectivity index (χ0) is 17.7. The maximum absolute atomic E-state index is 4.70. The molecule has 0 amide bonds. The highest BCUT2D eigenvalue weighted by molar-refractivity contribution is 7.09. The molecule has 2 rings (SSSR count). The van der Waals surface area contributed by atoms with E-state index in [9.17, 15) is 0 Å². The van der Waals surface area contributed by atoms with Gasteiger partial charge in [0.2, 0.25) is 0 Å². The standard InChI is InChI=1S/C18H30N6S/c1-3-5-6-10-19-18(20-11-9-16-8-7-14-25-16)21-12-13-24-15-22-23-17(24)4-2/h7-8,14-15H,3-6,9-13H2,1-2H3,(H2,19,20,21). The Morgan fingerprint density at radius 1 is 1.24 bits per heavy atom. The Balaban J connectivity index is 1.78. The van der Waals surface area contributed by atoms with Gasteiger partial charge in [0.1, 0.15) is 12.2 Å². The van der Waals surface area contributed by atoms with Gasteiger partial charge >= 0.3 is 0 Å². The highest BCUT2D eigenvalue weighted by Gasteiger charge is 2.03. The lowest BCUT2D eigenvalue weighted by Crippen LogP contribution is -2.40. The Bertz CT molecular complexity index is 605. The lowest BCUT2D eigenvalue weighted by atomic mass is 10.2. The predicted molar refractivity (Wildman–Crippen MR) is 105 cm³/mol. The number of nitrogens with zero attached hydrogens (tertiary/aromatic N) is 4. The van der Waals surface area contributed by atoms with Crippen molar-refractivity contribution < 1.29 is 0 Å². The van der Waals surface area contributed by atoms with Crippen LogP contribution in [0.15, 0.2) is 28.8 Å². The molecule has 0 aliphatic heterocycles. The van der Waals surface area contributed by atoms with Crippen LogP contribution in [0.3, 0.4) is 0 Å². The fraction of sp³-hybridized carbons (Fsp3) is 0.611. The lowest BCUT2D eigenvalue weighted by molar-refractivity contribution is 0.630. The van der Waals surface area contributed by atoms with Gasteiger partial charge in [-0.05, 0) is 24.3 Å². The highest BCUT2D eigenvalue weighted by atomic mass is 32.1. The molecule has 25 heavy (non-hydrogen) atoms. The Morgan fingerprint density at radius 2 is 2.12 bits per heavy atom. The number of hydrogen-bond donors (Lipinski definition) is 2. The second-order valence-corrected chi connectivity index (χ2v) is 6.95. The zero-order valence-electron chi connectivity index (χ0n) is 15.4. The van der Waals surface area contributed by atoms with Crippen LogP contribution in [-0.2, 0) is 19.4 Å². The SMILES string of the molecule is CCCCCN=C(NCCc1cccs1)NCCn1cnnc1CC. The Labute approximate surface area is 154 Å². The average Bonchev–Trinajstić information content (AvgIpc) is 3.29. The molecule has 0 bridgehead atoms. The van der Waals surface area contributed by atoms with Crippen LogP contribution in [0.5, 0.6) is 0 Å². The summed E-state index contributed by atoms with van der Waals surface area (Å²) in [6, 6.07) is 4.28. The summed E-state index contributed by atoms with van der Waals surface area (Å²) < 4.78 is 2.09. The highest BCUT2D eigenvalue weighted by Crippen LogP contribution is 2.08. The molecule has 0 aliphatic rings. The minimum atomic E-state index is 0.809. The van der Waals surface area contributed by atoms with E-state index in [2.05, 4.69) is 56.8 Å². The van der Waals surface area contributed by atoms with E-state index in [0.29, 0.717) is 0 Å². The van der Waals surface area contributed by atoms with Gasteiger partial charge in [0.25, 0.3) is 0 Å². The Hall–Kier alpha value is -1.89. The van der Waals surface area contributed by atoms with Crippen LogP contribution in [0, 0.1) is 0 Å². The molecule has 2 aromatic heterocycles. The van der Waals surface area contributed by atoms with E-state index in [1.54, 1.807) is 17.7 Å². The minimum absolute atomic E-state index is 0.809. The quantitative estimate of drug-likeness (QED) is 0.366. The monoisotopic (exact) mass is 362 g/mol. The number of rotatable bonds is 11. The van der Waals surface area contributed by atoms with Crippen molar-refractivity contribution >= 4 is 17.3 Å². The molecule has 0 unspecified atom stereocenters. The summed E-state index contributed by atoms with van der Waals surface area (Å²) >= 11 is 1.80. The van der Waals surface area contributed by atoms with Gasteiger partial charge in [0.15, 0.2) is 5.96 Å². The van der Waals surface area contributed by atoms with Crippen molar-refractivity contribution in [3.8, 4) is 0 Å². The molecular formula is C18H30N6S. The van der Waals surface area contributed by atoms with E-state index in [1.807, 2.05) is 0 Å². The molecule has 138 valence electrons. The first-order valence-electron chi connectivity index (χ1n) is 9.24. The van der Waals surface area contributed by atoms with Crippen LogP contribution in [0.1, 0.15) is 43.8 Å². The molecule has 0 spiro atoms. The summed E-state index contributed by atoms with van der Waals surface area (Å²) in [6.45, 7) is 7.73. The molecule has 7 heteroatoms. The first-order chi connectivity index (χ1) is 12.3. The lowest BCUT2D eigenvalue weighted by Gasteiger charge is -2.13. The van der Waals surface area contributed by atoms with Crippen molar-refractivity contribution in [1.29, 1.82) is 0 Å². The van der Waals surface area contributed by atoms with Gasteiger partial charge in [0.05, 0.1) is 0 Å². The molecular weight excluding hydrogens is 332 g/mol. The second kappa shape index (κ2) is 11.6. The molecule has 2 heterocycles. The number of guanidine groups is 1. The Kier molecular flexibility index (Phi) is 9.04. The number of aliphatic imine (C=N–C) groups is 1. The van der Waals surface area contributed by atoms with Gasteiger partial charge in [0, 0.05) is 37.5 Å². The third-order valence-electron chi connectivity index (χ3n) is 3.93. The van der Waals surface area contributed by atoms with E-state index < -0.39 is 0 Å².